The summed E-state index contributed by atoms with van der Waals surface area (Å²) in [5.74, 6) is 0.331. The molecule has 1 aliphatic rings. The zero-order valence-electron chi connectivity index (χ0n) is 14.8. The zero-order chi connectivity index (χ0) is 17.8. The number of hydrogen-bond acceptors (Lipinski definition) is 4. The fourth-order valence-electron chi connectivity index (χ4n) is 3.36. The van der Waals surface area contributed by atoms with E-state index in [1.807, 2.05) is 32.0 Å². The normalized spacial score (nSPS) is 15.1. The second kappa shape index (κ2) is 7.88. The van der Waals surface area contributed by atoms with Crippen molar-refractivity contribution in [2.75, 3.05) is 5.75 Å². The molecule has 4 nitrogen and oxygen atoms in total. The van der Waals surface area contributed by atoms with Crippen LogP contribution in [0.2, 0.25) is 0 Å². The molecule has 1 saturated carbocycles. The number of pyridine rings is 1. The predicted molar refractivity (Wildman–Crippen MR) is 102 cm³/mol. The van der Waals surface area contributed by atoms with E-state index in [0.29, 0.717) is 22.4 Å². The standard InChI is InChI=1S/C20H23N3OS/c1-13-8-9-14(2)19-17(13)10-15(11-21)20(23-19)25-12-18(24)22-16-6-4-3-5-7-16/h8-10,16H,3-7,12H2,1-2H3,(H,22,24). The molecule has 1 aliphatic carbocycles. The number of carbonyl (C=O) groups excluding carboxylic acids is 1. The van der Waals surface area contributed by atoms with Gasteiger partial charge in [-0.3, -0.25) is 4.79 Å². The maximum absolute atomic E-state index is 12.2. The summed E-state index contributed by atoms with van der Waals surface area (Å²) < 4.78 is 0. The van der Waals surface area contributed by atoms with Gasteiger partial charge in [0.25, 0.3) is 0 Å². The minimum atomic E-state index is 0.0312. The summed E-state index contributed by atoms with van der Waals surface area (Å²) >= 11 is 1.35. The molecule has 5 heteroatoms. The number of aryl methyl sites for hydroxylation is 2. The molecule has 1 aromatic heterocycles. The summed E-state index contributed by atoms with van der Waals surface area (Å²) in [6, 6.07) is 8.52. The van der Waals surface area contributed by atoms with Crippen molar-refractivity contribution >= 4 is 28.6 Å². The van der Waals surface area contributed by atoms with Crippen molar-refractivity contribution in [2.45, 2.75) is 57.0 Å². The highest BCUT2D eigenvalue weighted by Crippen LogP contribution is 2.28. The molecule has 1 aromatic carbocycles. The molecular weight excluding hydrogens is 330 g/mol. The second-order valence-corrected chi connectivity index (χ2v) is 7.70. The number of carbonyl (C=O) groups is 1. The van der Waals surface area contributed by atoms with E-state index in [9.17, 15) is 10.1 Å². The van der Waals surface area contributed by atoms with E-state index in [4.69, 9.17) is 0 Å². The third-order valence-electron chi connectivity index (χ3n) is 4.80. The number of nitriles is 1. The second-order valence-electron chi connectivity index (χ2n) is 6.74. The topological polar surface area (TPSA) is 65.8 Å². The van der Waals surface area contributed by atoms with Gasteiger partial charge in [0.05, 0.1) is 16.8 Å². The van der Waals surface area contributed by atoms with Crippen molar-refractivity contribution in [3.05, 3.63) is 34.9 Å². The summed E-state index contributed by atoms with van der Waals surface area (Å²) in [5, 5.41) is 14.2. The minimum absolute atomic E-state index is 0.0312. The van der Waals surface area contributed by atoms with Crippen molar-refractivity contribution in [3.63, 3.8) is 0 Å². The third-order valence-corrected chi connectivity index (χ3v) is 5.79. The lowest BCUT2D eigenvalue weighted by Gasteiger charge is -2.22. The fourth-order valence-corrected chi connectivity index (χ4v) is 4.12. The van der Waals surface area contributed by atoms with Crippen LogP contribution in [-0.2, 0) is 4.79 Å². The molecule has 0 saturated heterocycles. The molecule has 2 aromatic rings. The zero-order valence-corrected chi connectivity index (χ0v) is 15.6. The average Bonchev–Trinajstić information content (AvgIpc) is 2.63. The van der Waals surface area contributed by atoms with Gasteiger partial charge >= 0.3 is 0 Å². The fraction of sp³-hybridized carbons (Fsp3) is 0.450. The molecule has 0 aliphatic heterocycles. The molecule has 0 atom stereocenters. The maximum atomic E-state index is 12.2. The molecule has 1 heterocycles. The first-order valence-electron chi connectivity index (χ1n) is 8.81. The quantitative estimate of drug-likeness (QED) is 0.834. The van der Waals surface area contributed by atoms with Crippen LogP contribution in [-0.4, -0.2) is 22.7 Å². The number of amides is 1. The lowest BCUT2D eigenvalue weighted by Crippen LogP contribution is -2.37. The summed E-state index contributed by atoms with van der Waals surface area (Å²) in [7, 11) is 0. The van der Waals surface area contributed by atoms with Gasteiger partial charge in [0, 0.05) is 11.4 Å². The Bertz CT molecular complexity index is 835. The van der Waals surface area contributed by atoms with Gasteiger partial charge < -0.3 is 5.32 Å². The molecular formula is C20H23N3OS. The molecule has 1 N–H and O–H groups in total. The van der Waals surface area contributed by atoms with Gasteiger partial charge in [-0.15, -0.1) is 0 Å². The van der Waals surface area contributed by atoms with Crippen molar-refractivity contribution in [3.8, 4) is 6.07 Å². The average molecular weight is 353 g/mol. The Morgan fingerprint density at radius 3 is 2.72 bits per heavy atom. The van der Waals surface area contributed by atoms with Crippen LogP contribution in [0.15, 0.2) is 23.2 Å². The van der Waals surface area contributed by atoms with Crippen LogP contribution in [0, 0.1) is 25.2 Å². The van der Waals surface area contributed by atoms with Crippen molar-refractivity contribution < 1.29 is 4.79 Å². The van der Waals surface area contributed by atoms with Crippen LogP contribution in [0.1, 0.15) is 48.8 Å². The number of aromatic nitrogens is 1. The van der Waals surface area contributed by atoms with Crippen LogP contribution in [0.3, 0.4) is 0 Å². The van der Waals surface area contributed by atoms with Crippen molar-refractivity contribution in [2.24, 2.45) is 0 Å². The molecule has 0 bridgehead atoms. The monoisotopic (exact) mass is 353 g/mol. The number of fused-ring (bicyclic) bond motifs is 1. The van der Waals surface area contributed by atoms with Gasteiger partial charge in [0.15, 0.2) is 0 Å². The van der Waals surface area contributed by atoms with E-state index in [-0.39, 0.29) is 5.91 Å². The lowest BCUT2D eigenvalue weighted by molar-refractivity contribution is -0.119. The Morgan fingerprint density at radius 2 is 2.00 bits per heavy atom. The van der Waals surface area contributed by atoms with E-state index in [2.05, 4.69) is 16.4 Å². The van der Waals surface area contributed by atoms with Gasteiger partial charge in [-0.05, 0) is 43.9 Å². The molecule has 0 radical (unpaired) electrons. The highest BCUT2D eigenvalue weighted by atomic mass is 32.2. The van der Waals surface area contributed by atoms with Gasteiger partial charge in [-0.1, -0.05) is 43.2 Å². The SMILES string of the molecule is Cc1ccc(C)c2nc(SCC(=O)NC3CCCCC3)c(C#N)cc12. The Hall–Kier alpha value is -2.06. The summed E-state index contributed by atoms with van der Waals surface area (Å²) in [5.41, 5.74) is 3.64. The number of rotatable bonds is 4. The third kappa shape index (κ3) is 4.13. The van der Waals surface area contributed by atoms with Crippen LogP contribution < -0.4 is 5.32 Å². The molecule has 0 spiro atoms. The lowest BCUT2D eigenvalue weighted by atomic mass is 9.95. The van der Waals surface area contributed by atoms with Crippen LogP contribution in [0.25, 0.3) is 10.9 Å². The molecule has 1 fully saturated rings. The van der Waals surface area contributed by atoms with E-state index >= 15 is 0 Å². The smallest absolute Gasteiger partial charge is 0.230 e. The van der Waals surface area contributed by atoms with E-state index < -0.39 is 0 Å². The summed E-state index contributed by atoms with van der Waals surface area (Å²) in [6.07, 6.45) is 5.81. The van der Waals surface area contributed by atoms with Gasteiger partial charge in [-0.25, -0.2) is 4.98 Å². The first kappa shape index (κ1) is 17.8. The highest BCUT2D eigenvalue weighted by Gasteiger charge is 2.17. The van der Waals surface area contributed by atoms with E-state index in [1.54, 1.807) is 0 Å². The first-order valence-corrected chi connectivity index (χ1v) is 9.80. The Kier molecular flexibility index (Phi) is 5.60. The molecule has 1 amide bonds. The minimum Gasteiger partial charge on any atom is -0.353 e. The van der Waals surface area contributed by atoms with Gasteiger partial charge in [-0.2, -0.15) is 5.26 Å². The van der Waals surface area contributed by atoms with Crippen molar-refractivity contribution in [1.82, 2.24) is 10.3 Å². The number of nitrogens with zero attached hydrogens (tertiary/aromatic N) is 2. The first-order chi connectivity index (χ1) is 12.1. The van der Waals surface area contributed by atoms with E-state index in [1.165, 1.54) is 31.0 Å². The predicted octanol–water partition coefficient (Wildman–Crippen LogP) is 4.26. The molecule has 130 valence electrons. The van der Waals surface area contributed by atoms with E-state index in [0.717, 1.165) is 34.9 Å². The van der Waals surface area contributed by atoms with Gasteiger partial charge in [0.2, 0.25) is 5.91 Å². The number of hydrogen-bond donors (Lipinski definition) is 1. The Morgan fingerprint density at radius 1 is 1.28 bits per heavy atom. The van der Waals surface area contributed by atoms with Crippen LogP contribution in [0.5, 0.6) is 0 Å². The summed E-state index contributed by atoms with van der Waals surface area (Å²) in [6.45, 7) is 4.04. The van der Waals surface area contributed by atoms with Crippen molar-refractivity contribution in [1.29, 1.82) is 5.26 Å². The summed E-state index contributed by atoms with van der Waals surface area (Å²) in [4.78, 5) is 16.9. The largest absolute Gasteiger partial charge is 0.353 e. The number of nitrogens with one attached hydrogen (secondary N) is 1. The Balaban J connectivity index is 1.75. The molecule has 0 unspecified atom stereocenters. The number of thioether (sulfide) groups is 1. The van der Waals surface area contributed by atoms with Gasteiger partial charge in [0.1, 0.15) is 11.1 Å². The maximum Gasteiger partial charge on any atom is 0.230 e. The highest BCUT2D eigenvalue weighted by molar-refractivity contribution is 8.00. The number of benzene rings is 1. The van der Waals surface area contributed by atoms with Crippen LogP contribution >= 0.6 is 11.8 Å². The molecule has 3 rings (SSSR count). The molecule has 25 heavy (non-hydrogen) atoms. The van der Waals surface area contributed by atoms with Crippen LogP contribution in [0.4, 0.5) is 0 Å². The Labute approximate surface area is 153 Å².